The van der Waals surface area contributed by atoms with Gasteiger partial charge in [0.1, 0.15) is 0 Å². The summed E-state index contributed by atoms with van der Waals surface area (Å²) in [5.41, 5.74) is 0. The molecule has 0 aromatic rings. The van der Waals surface area contributed by atoms with Crippen LogP contribution in [0.4, 0.5) is 0 Å². The molecule has 1 saturated heterocycles. The smallest absolute Gasteiger partial charge is 0.0639 e. The van der Waals surface area contributed by atoms with Gasteiger partial charge in [-0.25, -0.2) is 0 Å². The number of aliphatic hydroxyl groups excluding tert-OH is 1. The number of piperazine rings is 1. The van der Waals surface area contributed by atoms with E-state index in [1.54, 1.807) is 6.92 Å². The quantitative estimate of drug-likeness (QED) is 0.593. The first-order valence-electron chi connectivity index (χ1n) is 4.21. The number of β-amino-alcohol motifs (C(OH)–C–C–N with tert-alkyl or cyclic N) is 1. The highest BCUT2D eigenvalue weighted by Crippen LogP contribution is 2.01. The van der Waals surface area contributed by atoms with E-state index in [1.807, 2.05) is 0 Å². The largest absolute Gasteiger partial charge is 0.392 e. The second kappa shape index (κ2) is 4.37. The Morgan fingerprint density at radius 2 is 2.00 bits per heavy atom. The van der Waals surface area contributed by atoms with Crippen LogP contribution in [-0.2, 0) is 0 Å². The number of nitrogens with zero attached hydrogens (tertiary/aromatic N) is 3. The van der Waals surface area contributed by atoms with Crippen molar-refractivity contribution < 1.29 is 5.11 Å². The van der Waals surface area contributed by atoms with Gasteiger partial charge in [-0.2, -0.15) is 0 Å². The molecule has 70 valence electrons. The van der Waals surface area contributed by atoms with Gasteiger partial charge in [-0.15, -0.1) is 4.91 Å². The highest BCUT2D eigenvalue weighted by Gasteiger charge is 2.16. The van der Waals surface area contributed by atoms with E-state index in [4.69, 9.17) is 5.11 Å². The second-order valence-electron chi connectivity index (χ2n) is 3.18. The first-order chi connectivity index (χ1) is 5.72. The molecule has 0 aliphatic carbocycles. The molecule has 0 aromatic heterocycles. The lowest BCUT2D eigenvalue weighted by molar-refractivity contribution is 0.0814. The van der Waals surface area contributed by atoms with Crippen LogP contribution in [-0.4, -0.2) is 53.8 Å². The molecule has 0 aromatic carbocycles. The van der Waals surface area contributed by atoms with Gasteiger partial charge < -0.3 is 5.11 Å². The van der Waals surface area contributed by atoms with Gasteiger partial charge in [-0.05, 0) is 6.92 Å². The molecule has 5 nitrogen and oxygen atoms in total. The van der Waals surface area contributed by atoms with Crippen LogP contribution >= 0.6 is 0 Å². The maximum Gasteiger partial charge on any atom is 0.0639 e. The maximum atomic E-state index is 10.1. The van der Waals surface area contributed by atoms with Gasteiger partial charge in [-0.3, -0.25) is 9.91 Å². The second-order valence-corrected chi connectivity index (χ2v) is 3.18. The van der Waals surface area contributed by atoms with Crippen LogP contribution in [0.15, 0.2) is 5.29 Å². The van der Waals surface area contributed by atoms with Crippen LogP contribution in [0.2, 0.25) is 0 Å². The van der Waals surface area contributed by atoms with Gasteiger partial charge in [0.15, 0.2) is 0 Å². The van der Waals surface area contributed by atoms with Crippen LogP contribution in [0, 0.1) is 4.91 Å². The zero-order chi connectivity index (χ0) is 8.97. The van der Waals surface area contributed by atoms with Gasteiger partial charge in [0.05, 0.1) is 24.5 Å². The van der Waals surface area contributed by atoms with Crippen LogP contribution in [0.25, 0.3) is 0 Å². The van der Waals surface area contributed by atoms with E-state index < -0.39 is 0 Å². The lowest BCUT2D eigenvalue weighted by Gasteiger charge is -2.31. The third-order valence-corrected chi connectivity index (χ3v) is 1.99. The minimum Gasteiger partial charge on any atom is -0.392 e. The maximum absolute atomic E-state index is 10.1. The van der Waals surface area contributed by atoms with Crippen molar-refractivity contribution in [3.8, 4) is 0 Å². The third-order valence-electron chi connectivity index (χ3n) is 1.99. The zero-order valence-electron chi connectivity index (χ0n) is 7.31. The predicted octanol–water partition coefficient (Wildman–Crippen LogP) is -0.334. The molecule has 1 rings (SSSR count). The summed E-state index contributed by atoms with van der Waals surface area (Å²) in [7, 11) is 0. The van der Waals surface area contributed by atoms with Crippen molar-refractivity contribution in [3.63, 3.8) is 0 Å². The Balaban J connectivity index is 2.21. The molecule has 0 amide bonds. The SMILES string of the molecule is C[C@@H](O)CN1CCN(N=O)CC1. The van der Waals surface area contributed by atoms with Gasteiger partial charge in [0, 0.05) is 19.6 Å². The van der Waals surface area contributed by atoms with E-state index in [2.05, 4.69) is 10.2 Å². The Bertz CT molecular complexity index is 144. The normalized spacial score (nSPS) is 22.3. The number of hydrogen-bond donors (Lipinski definition) is 1. The predicted molar refractivity (Wildman–Crippen MR) is 45.5 cm³/mol. The molecule has 1 heterocycles. The molecule has 1 atom stereocenters. The minimum absolute atomic E-state index is 0.291. The fourth-order valence-corrected chi connectivity index (χ4v) is 1.38. The molecule has 1 aliphatic rings. The van der Waals surface area contributed by atoms with Gasteiger partial charge in [-0.1, -0.05) is 0 Å². The molecule has 1 aliphatic heterocycles. The average molecular weight is 173 g/mol. The topological polar surface area (TPSA) is 56.1 Å². The van der Waals surface area contributed by atoms with Crippen LogP contribution in [0.3, 0.4) is 0 Å². The minimum atomic E-state index is -0.291. The highest BCUT2D eigenvalue weighted by molar-refractivity contribution is 4.70. The monoisotopic (exact) mass is 173 g/mol. The van der Waals surface area contributed by atoms with E-state index in [0.29, 0.717) is 19.6 Å². The van der Waals surface area contributed by atoms with Crippen molar-refractivity contribution in [1.82, 2.24) is 9.91 Å². The average Bonchev–Trinajstić information content (AvgIpc) is 2.05. The zero-order valence-corrected chi connectivity index (χ0v) is 7.31. The van der Waals surface area contributed by atoms with E-state index >= 15 is 0 Å². The van der Waals surface area contributed by atoms with E-state index in [-0.39, 0.29) is 6.10 Å². The lowest BCUT2D eigenvalue weighted by atomic mass is 10.3. The molecule has 0 unspecified atom stereocenters. The summed E-state index contributed by atoms with van der Waals surface area (Å²) in [5, 5.41) is 13.5. The molecule has 5 heteroatoms. The fourth-order valence-electron chi connectivity index (χ4n) is 1.38. The molecule has 12 heavy (non-hydrogen) atoms. The molecule has 0 radical (unpaired) electrons. The van der Waals surface area contributed by atoms with Gasteiger partial charge in [0.25, 0.3) is 0 Å². The third kappa shape index (κ3) is 2.75. The number of nitroso groups, excluding NO2 is 1. The first kappa shape index (κ1) is 9.41. The molecule has 1 N–H and O–H groups in total. The van der Waals surface area contributed by atoms with E-state index in [1.165, 1.54) is 5.01 Å². The van der Waals surface area contributed by atoms with E-state index in [9.17, 15) is 4.91 Å². The lowest BCUT2D eigenvalue weighted by Crippen LogP contribution is -2.46. The van der Waals surface area contributed by atoms with Crippen molar-refractivity contribution >= 4 is 0 Å². The Hall–Kier alpha value is -0.680. The van der Waals surface area contributed by atoms with Crippen molar-refractivity contribution in [2.45, 2.75) is 13.0 Å². The molecule has 0 saturated carbocycles. The summed E-state index contributed by atoms with van der Waals surface area (Å²) < 4.78 is 0. The Morgan fingerprint density at radius 1 is 1.42 bits per heavy atom. The highest BCUT2D eigenvalue weighted by atomic mass is 16.3. The van der Waals surface area contributed by atoms with Gasteiger partial charge in [0.2, 0.25) is 0 Å². The number of aliphatic hydroxyl groups is 1. The molecule has 0 spiro atoms. The Morgan fingerprint density at radius 3 is 2.42 bits per heavy atom. The standard InChI is InChI=1S/C7H15N3O2/c1-7(11)6-9-2-4-10(8-12)5-3-9/h7,11H,2-6H2,1H3/t7-/m1/s1. The number of hydrogen-bond acceptors (Lipinski definition) is 4. The summed E-state index contributed by atoms with van der Waals surface area (Å²) in [5.74, 6) is 0. The van der Waals surface area contributed by atoms with Crippen molar-refractivity contribution in [1.29, 1.82) is 0 Å². The molecule has 1 fully saturated rings. The van der Waals surface area contributed by atoms with Crippen molar-refractivity contribution in [3.05, 3.63) is 4.91 Å². The van der Waals surface area contributed by atoms with Crippen molar-refractivity contribution in [2.24, 2.45) is 5.29 Å². The van der Waals surface area contributed by atoms with Crippen molar-refractivity contribution in [2.75, 3.05) is 32.7 Å². The van der Waals surface area contributed by atoms with Crippen LogP contribution in [0.5, 0.6) is 0 Å². The molecular formula is C7H15N3O2. The Kier molecular flexibility index (Phi) is 3.43. The number of rotatable bonds is 3. The summed E-state index contributed by atoms with van der Waals surface area (Å²) in [6, 6.07) is 0. The van der Waals surface area contributed by atoms with Crippen LogP contribution in [0.1, 0.15) is 6.92 Å². The fraction of sp³-hybridized carbons (Fsp3) is 1.00. The summed E-state index contributed by atoms with van der Waals surface area (Å²) in [4.78, 5) is 12.2. The molecule has 0 bridgehead atoms. The Labute approximate surface area is 71.9 Å². The van der Waals surface area contributed by atoms with E-state index in [0.717, 1.165) is 13.1 Å². The summed E-state index contributed by atoms with van der Waals surface area (Å²) >= 11 is 0. The van der Waals surface area contributed by atoms with Gasteiger partial charge >= 0.3 is 0 Å². The first-order valence-corrected chi connectivity index (χ1v) is 4.21. The molecular weight excluding hydrogens is 158 g/mol. The summed E-state index contributed by atoms with van der Waals surface area (Å²) in [6.45, 7) is 5.44. The summed E-state index contributed by atoms with van der Waals surface area (Å²) in [6.07, 6.45) is -0.291. The van der Waals surface area contributed by atoms with Crippen LogP contribution < -0.4 is 0 Å².